The maximum Gasteiger partial charge on any atom is 0.158 e. The lowest BCUT2D eigenvalue weighted by molar-refractivity contribution is 0.560. The maximum atomic E-state index is 10.4. The summed E-state index contributed by atoms with van der Waals surface area (Å²) in [5, 5.41) is 3.89. The first kappa shape index (κ1) is 8.89. The molecule has 0 aromatic carbocycles. The van der Waals surface area contributed by atoms with E-state index in [1.807, 2.05) is 0 Å². The molecule has 0 saturated carbocycles. The van der Waals surface area contributed by atoms with Crippen LogP contribution in [0.15, 0.2) is 10.7 Å². The van der Waals surface area contributed by atoms with Crippen molar-refractivity contribution in [3.05, 3.63) is 16.4 Å². The lowest BCUT2D eigenvalue weighted by Crippen LogP contribution is -2.02. The molecular formula is C5H7BrN2O2S. The van der Waals surface area contributed by atoms with Gasteiger partial charge in [-0.15, -0.1) is 0 Å². The van der Waals surface area contributed by atoms with Crippen LogP contribution in [-0.4, -0.2) is 18.5 Å². The quantitative estimate of drug-likeness (QED) is 0.780. The third-order valence-electron chi connectivity index (χ3n) is 1.27. The summed E-state index contributed by atoms with van der Waals surface area (Å²) in [4.78, 5) is 0. The fraction of sp³-hybridized carbons (Fsp3) is 0.400. The highest BCUT2D eigenvalue weighted by Crippen LogP contribution is 2.15. The van der Waals surface area contributed by atoms with E-state index in [0.717, 1.165) is 10.2 Å². The van der Waals surface area contributed by atoms with Gasteiger partial charge in [-0.05, 0) is 15.9 Å². The van der Waals surface area contributed by atoms with E-state index in [4.69, 9.17) is 4.55 Å². The minimum Gasteiger partial charge on any atom is -0.306 e. The highest BCUT2D eigenvalue weighted by atomic mass is 79.9. The SMILES string of the molecule is Cn1ncc(Br)c1CS(=O)O. The van der Waals surface area contributed by atoms with Crippen LogP contribution in [0, 0.1) is 0 Å². The first-order valence-corrected chi connectivity index (χ1v) is 4.92. The van der Waals surface area contributed by atoms with Gasteiger partial charge in [0.2, 0.25) is 0 Å². The van der Waals surface area contributed by atoms with Crippen LogP contribution in [0.3, 0.4) is 0 Å². The molecule has 1 atom stereocenters. The molecule has 1 heterocycles. The number of hydrogen-bond donors (Lipinski definition) is 1. The molecule has 0 radical (unpaired) electrons. The Balaban J connectivity index is 2.92. The molecule has 0 aliphatic rings. The second-order valence-corrected chi connectivity index (χ2v) is 3.81. The van der Waals surface area contributed by atoms with Gasteiger partial charge in [-0.25, -0.2) is 4.21 Å². The largest absolute Gasteiger partial charge is 0.306 e. The Bertz CT molecular complexity index is 267. The van der Waals surface area contributed by atoms with Crippen LogP contribution in [0.1, 0.15) is 5.69 Å². The molecule has 62 valence electrons. The zero-order valence-corrected chi connectivity index (χ0v) is 8.22. The molecule has 0 spiro atoms. The molecule has 1 N–H and O–H groups in total. The van der Waals surface area contributed by atoms with E-state index in [1.165, 1.54) is 0 Å². The predicted molar refractivity (Wildman–Crippen MR) is 45.4 cm³/mol. The first-order chi connectivity index (χ1) is 5.11. The molecular weight excluding hydrogens is 232 g/mol. The van der Waals surface area contributed by atoms with Crippen molar-refractivity contribution in [2.24, 2.45) is 7.05 Å². The highest BCUT2D eigenvalue weighted by molar-refractivity contribution is 9.10. The Kier molecular flexibility index (Phi) is 2.80. The van der Waals surface area contributed by atoms with Crippen LogP contribution in [0.2, 0.25) is 0 Å². The summed E-state index contributed by atoms with van der Waals surface area (Å²) in [5.74, 6) is 0.108. The van der Waals surface area contributed by atoms with Gasteiger partial charge in [-0.3, -0.25) is 4.68 Å². The monoisotopic (exact) mass is 238 g/mol. The second-order valence-electron chi connectivity index (χ2n) is 2.03. The normalized spacial score (nSPS) is 13.4. The summed E-state index contributed by atoms with van der Waals surface area (Å²) in [7, 11) is 1.73. The number of aryl methyl sites for hydroxylation is 1. The highest BCUT2D eigenvalue weighted by Gasteiger charge is 2.07. The van der Waals surface area contributed by atoms with Gasteiger partial charge in [0, 0.05) is 7.05 Å². The third kappa shape index (κ3) is 2.11. The Morgan fingerprint density at radius 2 is 2.55 bits per heavy atom. The predicted octanol–water partition coefficient (Wildman–Crippen LogP) is 0.904. The smallest absolute Gasteiger partial charge is 0.158 e. The molecule has 1 aromatic heterocycles. The van der Waals surface area contributed by atoms with Crippen molar-refractivity contribution in [1.29, 1.82) is 0 Å². The molecule has 1 rings (SSSR count). The Morgan fingerprint density at radius 3 is 2.91 bits per heavy atom. The Labute approximate surface area is 75.0 Å². The van der Waals surface area contributed by atoms with E-state index in [-0.39, 0.29) is 5.75 Å². The van der Waals surface area contributed by atoms with E-state index in [9.17, 15) is 4.21 Å². The molecule has 11 heavy (non-hydrogen) atoms. The number of rotatable bonds is 2. The molecule has 0 saturated heterocycles. The number of halogens is 1. The van der Waals surface area contributed by atoms with Gasteiger partial charge in [-0.2, -0.15) is 5.10 Å². The van der Waals surface area contributed by atoms with Crippen LogP contribution in [-0.2, 0) is 23.9 Å². The van der Waals surface area contributed by atoms with E-state index < -0.39 is 11.1 Å². The van der Waals surface area contributed by atoms with Crippen molar-refractivity contribution in [3.63, 3.8) is 0 Å². The topological polar surface area (TPSA) is 55.1 Å². The van der Waals surface area contributed by atoms with Crippen LogP contribution in [0.4, 0.5) is 0 Å². The van der Waals surface area contributed by atoms with Crippen LogP contribution in [0.25, 0.3) is 0 Å². The zero-order chi connectivity index (χ0) is 8.43. The van der Waals surface area contributed by atoms with Crippen molar-refractivity contribution >= 4 is 27.0 Å². The summed E-state index contributed by atoms with van der Waals surface area (Å²) in [6, 6.07) is 0. The molecule has 6 heteroatoms. The molecule has 0 fully saturated rings. The fourth-order valence-corrected chi connectivity index (χ4v) is 1.97. The molecule has 0 amide bonds. The first-order valence-electron chi connectivity index (χ1n) is 2.85. The van der Waals surface area contributed by atoms with Gasteiger partial charge in [0.1, 0.15) is 0 Å². The van der Waals surface area contributed by atoms with E-state index in [2.05, 4.69) is 21.0 Å². The minimum absolute atomic E-state index is 0.108. The van der Waals surface area contributed by atoms with E-state index in [0.29, 0.717) is 0 Å². The lowest BCUT2D eigenvalue weighted by Gasteiger charge is -1.97. The van der Waals surface area contributed by atoms with Gasteiger partial charge in [-0.1, -0.05) is 0 Å². The Morgan fingerprint density at radius 1 is 1.91 bits per heavy atom. The van der Waals surface area contributed by atoms with Crippen molar-refractivity contribution in [2.45, 2.75) is 5.75 Å². The molecule has 0 bridgehead atoms. The van der Waals surface area contributed by atoms with Crippen LogP contribution < -0.4 is 0 Å². The van der Waals surface area contributed by atoms with Crippen molar-refractivity contribution in [1.82, 2.24) is 9.78 Å². The van der Waals surface area contributed by atoms with Gasteiger partial charge in [0.15, 0.2) is 11.1 Å². The van der Waals surface area contributed by atoms with Gasteiger partial charge < -0.3 is 4.55 Å². The van der Waals surface area contributed by atoms with Gasteiger partial charge in [0.25, 0.3) is 0 Å². The molecule has 4 nitrogen and oxygen atoms in total. The van der Waals surface area contributed by atoms with Gasteiger partial charge in [0.05, 0.1) is 22.1 Å². The van der Waals surface area contributed by atoms with E-state index >= 15 is 0 Å². The summed E-state index contributed by atoms with van der Waals surface area (Å²) < 4.78 is 21.3. The molecule has 0 aliphatic heterocycles. The Hall–Kier alpha value is -0.200. The lowest BCUT2D eigenvalue weighted by atomic mass is 10.5. The average Bonchev–Trinajstić information content (AvgIpc) is 2.18. The average molecular weight is 239 g/mol. The number of hydrogen-bond acceptors (Lipinski definition) is 2. The summed E-state index contributed by atoms with van der Waals surface area (Å²) in [6.45, 7) is 0. The fourth-order valence-electron chi connectivity index (χ4n) is 0.715. The third-order valence-corrected chi connectivity index (χ3v) is 2.45. The second kappa shape index (κ2) is 3.46. The number of aromatic nitrogens is 2. The minimum atomic E-state index is -1.81. The zero-order valence-electron chi connectivity index (χ0n) is 5.82. The maximum absolute atomic E-state index is 10.4. The van der Waals surface area contributed by atoms with E-state index in [1.54, 1.807) is 17.9 Å². The van der Waals surface area contributed by atoms with Crippen molar-refractivity contribution in [2.75, 3.05) is 0 Å². The van der Waals surface area contributed by atoms with Crippen LogP contribution >= 0.6 is 15.9 Å². The number of nitrogens with zero attached hydrogens (tertiary/aromatic N) is 2. The van der Waals surface area contributed by atoms with Crippen molar-refractivity contribution < 1.29 is 8.76 Å². The molecule has 0 aliphatic carbocycles. The van der Waals surface area contributed by atoms with Crippen LogP contribution in [0.5, 0.6) is 0 Å². The molecule has 1 unspecified atom stereocenters. The molecule has 1 aromatic rings. The van der Waals surface area contributed by atoms with Gasteiger partial charge >= 0.3 is 0 Å². The summed E-state index contributed by atoms with van der Waals surface area (Å²) in [6.07, 6.45) is 1.60. The standard InChI is InChI=1S/C5H7BrN2O2S/c1-8-5(3-11(9)10)4(6)2-7-8/h2H,3H2,1H3,(H,9,10). The summed E-state index contributed by atoms with van der Waals surface area (Å²) in [5.41, 5.74) is 0.728. The van der Waals surface area contributed by atoms with Crippen molar-refractivity contribution in [3.8, 4) is 0 Å². The summed E-state index contributed by atoms with van der Waals surface area (Å²) >= 11 is 1.41.